The Bertz CT molecular complexity index is 6190. The number of rotatable bonds is 14. The van der Waals surface area contributed by atoms with Crippen LogP contribution in [0.25, 0.3) is 28.4 Å². The lowest BCUT2D eigenvalue weighted by atomic mass is 9.81. The Labute approximate surface area is 877 Å². The Morgan fingerprint density at radius 1 is 0.381 bits per heavy atom. The molecule has 4 aliphatic rings. The number of hydrogen-bond donors (Lipinski definition) is 6. The van der Waals surface area contributed by atoms with E-state index >= 15 is 0 Å². The van der Waals surface area contributed by atoms with Gasteiger partial charge in [0.05, 0.1) is 34.0 Å². The van der Waals surface area contributed by atoms with E-state index in [2.05, 4.69) is 219 Å². The van der Waals surface area contributed by atoms with Crippen molar-refractivity contribution in [2.75, 3.05) is 151 Å². The maximum Gasteiger partial charge on any atom is 0.491 e. The summed E-state index contributed by atoms with van der Waals surface area (Å²) in [6.07, 6.45) is 8.24. The number of H-pyrrole nitrogens is 1. The molecule has 0 unspecified atom stereocenters. The Balaban J connectivity index is 0.000000224. The van der Waals surface area contributed by atoms with Gasteiger partial charge >= 0.3 is 31.1 Å². The van der Waals surface area contributed by atoms with Gasteiger partial charge in [-0.05, 0) is 245 Å². The monoisotopic (exact) mass is 2210 g/mol. The lowest BCUT2D eigenvalue weighted by molar-refractivity contribution is -0.394. The highest BCUT2D eigenvalue weighted by Crippen LogP contribution is 2.36. The molecule has 4 saturated heterocycles. The molecule has 10 heterocycles. The van der Waals surface area contributed by atoms with Crippen molar-refractivity contribution < 1.29 is 42.4 Å². The number of benzene rings is 10. The van der Waals surface area contributed by atoms with Gasteiger partial charge < -0.3 is 91.5 Å². The normalized spacial score (nSPS) is 13.2. The van der Waals surface area contributed by atoms with E-state index in [0.29, 0.717) is 41.8 Å². The Morgan fingerprint density at radius 3 is 0.986 bits per heavy atom. The van der Waals surface area contributed by atoms with Crippen LogP contribution in [0.3, 0.4) is 0 Å². The zero-order valence-corrected chi connectivity index (χ0v) is 84.8. The molecule has 6 aromatic heterocycles. The summed E-state index contributed by atoms with van der Waals surface area (Å²) < 4.78 is 63.5. The zero-order valence-electron chi connectivity index (χ0n) is 80.0. The van der Waals surface area contributed by atoms with Gasteiger partial charge in [0.25, 0.3) is 0 Å². The first-order chi connectivity index (χ1) is 69.1. The summed E-state index contributed by atoms with van der Waals surface area (Å²) in [5.74, 6) is -0.496. The summed E-state index contributed by atoms with van der Waals surface area (Å²) in [5.41, 5.74) is 21.9. The number of nitrogen functional groups attached to an aromatic ring is 2. The number of para-hydroxylation sites is 5. The molecule has 0 spiro atoms. The topological polar surface area (TPSA) is 452 Å². The van der Waals surface area contributed by atoms with Crippen molar-refractivity contribution in [3.05, 3.63) is 365 Å². The molecular weight excluding hydrogens is 2090 g/mol. The molecule has 0 aliphatic carbocycles. The summed E-state index contributed by atoms with van der Waals surface area (Å²) in [4.78, 5) is 66.8. The van der Waals surface area contributed by atoms with E-state index in [4.69, 9.17) is 21.5 Å². The van der Waals surface area contributed by atoms with Gasteiger partial charge in [-0.15, -0.1) is 29.8 Å². The minimum absolute atomic E-state index is 0. The van der Waals surface area contributed by atoms with Gasteiger partial charge in [0, 0.05) is 125 Å². The minimum atomic E-state index is -4.43. The Kier molecular flexibility index (Phi) is 49.6. The number of nitrogens with two attached hydrogens (primary N) is 2. The number of aromatic amines is 1. The van der Waals surface area contributed by atoms with Crippen LogP contribution in [0.5, 0.6) is 0 Å². The smallest absolute Gasteiger partial charge is 0.423 e. The molecule has 20 rings (SSSR count). The van der Waals surface area contributed by atoms with Crippen molar-refractivity contribution in [1.82, 2.24) is 109 Å². The first-order valence-corrected chi connectivity index (χ1v) is 47.5. The number of nitro groups is 3. The predicted molar refractivity (Wildman–Crippen MR) is 580 cm³/mol. The molecule has 47 heteroatoms. The molecule has 0 radical (unpaired) electrons. The van der Waals surface area contributed by atoms with Crippen molar-refractivity contribution in [3.8, 4) is 28.4 Å². The molecule has 778 valence electrons. The lowest BCUT2D eigenvalue weighted by Gasteiger charge is -2.34. The number of nitrogens with one attached hydrogen (secondary N) is 2. The summed E-state index contributed by atoms with van der Waals surface area (Å²) >= 11 is 10.3. The van der Waals surface area contributed by atoms with Crippen LogP contribution in [-0.4, -0.2) is 260 Å². The fraction of sp³-hybridized carbons (Fsp3) is 0.280. The van der Waals surface area contributed by atoms with Crippen LogP contribution < -0.4 is 36.9 Å². The van der Waals surface area contributed by atoms with Crippen molar-refractivity contribution >= 4 is 119 Å². The van der Waals surface area contributed by atoms with Crippen molar-refractivity contribution in [3.63, 3.8) is 0 Å². The number of nitrogens with zero attached hydrogens (tertiary/aromatic N) is 27. The summed E-state index contributed by atoms with van der Waals surface area (Å²) in [6.45, 7) is 20.9. The summed E-state index contributed by atoms with van der Waals surface area (Å²) in [6, 6.07) is 77.6. The van der Waals surface area contributed by atoms with Crippen molar-refractivity contribution in [2.45, 2.75) is 68.5 Å². The minimum Gasteiger partial charge on any atom is -0.423 e. The number of likely N-dealkylation sites (tertiary alicyclic amines) is 1. The number of halogens is 7. The lowest BCUT2D eigenvalue weighted by Crippen LogP contribution is -2.44. The standard InChI is InChI=1S/C20H21F3N6.2C12H17BrN2.2C8H6N4O2.2C8H8N4.C7H6BrF.C6H7BO2.C6H13N.C2H2N4O2.3CH4/c1-27-7-9-28(10-8-27)18-12-15(20(21,22)23)11-16(13-18)25-19-24-14-29(26-19)17-5-3-2-4-6-17;2*1-10-7-11(13)9-12(8-10)15-5-3-14(2)4-6-15;2*13-12(14)8-9-6-11(10-8)7-4-2-1-3-5-7;2*9-8-10-6-12(11-8)7-4-2-1-3-5-7;1-5-2-6(8)4-7(9)3-5;8-7(9)6-4-2-1-3-5-6;1-7-5-3-2-4-6-7;7-6(8)2-3-1-4-5-2;;;/h2-6,11-14H,7-10H2,1H3,(H,25,26);2*7-9H,3-6H2,1-2H3;2*1-6H;2*1-6H,(H2,9,11);2-4H,1H3;1-5,8-9H;2-6H2,1H3;1H,(H,3,4,5);3*1H4. The van der Waals surface area contributed by atoms with E-state index in [1.807, 2.05) is 158 Å². The predicted octanol–water partition coefficient (Wildman–Crippen LogP) is 17.8. The van der Waals surface area contributed by atoms with Gasteiger partial charge in [0.1, 0.15) is 24.8 Å². The van der Waals surface area contributed by atoms with Crippen LogP contribution in [0.4, 0.5) is 76.0 Å². The molecule has 0 saturated carbocycles. The van der Waals surface area contributed by atoms with E-state index in [-0.39, 0.29) is 40.0 Å². The van der Waals surface area contributed by atoms with Crippen LogP contribution in [0.1, 0.15) is 63.8 Å². The number of likely N-dealkylation sites (N-methyl/N-ethyl adjacent to an activating group) is 3. The highest BCUT2D eigenvalue weighted by Gasteiger charge is 2.33. The molecule has 8 N–H and O–H groups in total. The van der Waals surface area contributed by atoms with E-state index in [0.717, 1.165) is 116 Å². The van der Waals surface area contributed by atoms with E-state index in [1.165, 1.54) is 110 Å². The van der Waals surface area contributed by atoms with Gasteiger partial charge in [-0.1, -0.05) is 218 Å². The van der Waals surface area contributed by atoms with Crippen molar-refractivity contribution in [1.29, 1.82) is 0 Å². The van der Waals surface area contributed by atoms with E-state index < -0.39 is 45.5 Å². The van der Waals surface area contributed by atoms with E-state index in [9.17, 15) is 47.9 Å². The molecule has 4 fully saturated rings. The van der Waals surface area contributed by atoms with Gasteiger partial charge in [-0.3, -0.25) is 0 Å². The second-order valence-corrected chi connectivity index (χ2v) is 35.4. The highest BCUT2D eigenvalue weighted by atomic mass is 79.9. The first kappa shape index (κ1) is 119. The van der Waals surface area contributed by atoms with Crippen LogP contribution in [0.2, 0.25) is 0 Å². The van der Waals surface area contributed by atoms with Crippen LogP contribution in [0, 0.1) is 56.9 Å². The zero-order chi connectivity index (χ0) is 103. The second kappa shape index (κ2) is 61.3. The number of piperazine rings is 3. The molecule has 39 nitrogen and oxygen atoms in total. The number of aromatic nitrogens is 18. The first-order valence-electron chi connectivity index (χ1n) is 45.2. The fourth-order valence-corrected chi connectivity index (χ4v) is 15.7. The largest absolute Gasteiger partial charge is 0.491 e. The molecule has 147 heavy (non-hydrogen) atoms. The third kappa shape index (κ3) is 41.6. The molecule has 0 bridgehead atoms. The number of hydrogen-bond acceptors (Lipinski definition) is 30. The molecular formula is C100H123BBr3F4N31O8. The molecule has 0 amide bonds. The summed E-state index contributed by atoms with van der Waals surface area (Å²) in [5, 5.41) is 75.4. The Morgan fingerprint density at radius 2 is 0.707 bits per heavy atom. The second-order valence-electron chi connectivity index (χ2n) is 32.7. The van der Waals surface area contributed by atoms with Crippen LogP contribution in [-0.2, 0) is 6.18 Å². The molecule has 16 aromatic rings. The average molecular weight is 2210 g/mol. The van der Waals surface area contributed by atoms with Gasteiger partial charge in [-0.2, -0.15) is 18.2 Å². The number of alkyl halides is 3. The maximum absolute atomic E-state index is 13.5. The van der Waals surface area contributed by atoms with Gasteiger partial charge in [0.2, 0.25) is 36.8 Å². The molecule has 10 aromatic carbocycles. The van der Waals surface area contributed by atoms with Crippen molar-refractivity contribution in [2.24, 2.45) is 0 Å². The molecule has 4 aliphatic heterocycles. The van der Waals surface area contributed by atoms with Gasteiger partial charge in [-0.25, -0.2) is 28.4 Å². The third-order valence-electron chi connectivity index (χ3n) is 21.3. The molecule has 0 atom stereocenters. The van der Waals surface area contributed by atoms with Gasteiger partial charge in [0.15, 0.2) is 0 Å². The van der Waals surface area contributed by atoms with Crippen LogP contribution in [0.15, 0.2) is 306 Å². The van der Waals surface area contributed by atoms with Crippen LogP contribution >= 0.6 is 47.8 Å². The number of aryl methyl sites for hydroxylation is 3. The quantitative estimate of drug-likeness (QED) is 0.0255. The highest BCUT2D eigenvalue weighted by molar-refractivity contribution is 9.11. The summed E-state index contributed by atoms with van der Waals surface area (Å²) in [7, 11) is 7.23. The SMILES string of the molecule is C.C.C.CN1CCCCC1.CN1CCN(c2cc(Nc3ncn(-c4ccccc4)n3)cc(C(F)(F)F)c2)CC1.Cc1cc(Br)cc(N2CCN(C)CC2)c1.Cc1cc(Br)cc(N2CCN(C)CC2)c1.Cc1cc(F)cc(Br)c1.Nc1ncn(-c2ccccc2)n1.Nc1ncn(-c2ccccc2)n1.O=[N+]([O-])c1ncn(-c2ccccc2)n1.O=[N+]([O-])c1ncn(-c2ccccc2)n1.O=[N+]([O-])c1ncn[nH]1.OB(O)c1ccccc1. The average Bonchev–Trinajstić information content (AvgIpc) is 1.50. The number of piperidine rings is 1. The van der Waals surface area contributed by atoms with E-state index in [1.54, 1.807) is 81.3 Å². The number of anilines is 7. The fourth-order valence-electron chi connectivity index (χ4n) is 13.9. The third-order valence-corrected chi connectivity index (χ3v) is 22.7. The Hall–Kier alpha value is -15.0. The maximum atomic E-state index is 13.5.